The van der Waals surface area contributed by atoms with Crippen molar-refractivity contribution in [1.82, 2.24) is 0 Å². The zero-order valence-electron chi connectivity index (χ0n) is 12.6. The molecule has 0 aliphatic carbocycles. The summed E-state index contributed by atoms with van der Waals surface area (Å²) in [6, 6.07) is 8.83. The van der Waals surface area contributed by atoms with Crippen molar-refractivity contribution in [3.05, 3.63) is 35.9 Å². The summed E-state index contributed by atoms with van der Waals surface area (Å²) in [6.07, 6.45) is 5.61. The van der Waals surface area contributed by atoms with Crippen molar-refractivity contribution < 1.29 is 0 Å². The molecule has 0 aliphatic rings. The minimum atomic E-state index is 0.281. The Kier molecular flexibility index (Phi) is 5.10. The molecule has 1 heteroatoms. The predicted molar refractivity (Wildman–Crippen MR) is 85.2 cm³/mol. The third-order valence-corrected chi connectivity index (χ3v) is 3.46. The van der Waals surface area contributed by atoms with Gasteiger partial charge in [0.15, 0.2) is 0 Å². The topological polar surface area (TPSA) is 0 Å². The van der Waals surface area contributed by atoms with Crippen LogP contribution in [-0.2, 0) is 0 Å². The first-order valence-electron chi connectivity index (χ1n) is 6.61. The summed E-state index contributed by atoms with van der Waals surface area (Å²) in [4.78, 5) is 1.34. The van der Waals surface area contributed by atoms with Gasteiger partial charge < -0.3 is 0 Å². The first kappa shape index (κ1) is 15.4. The van der Waals surface area contributed by atoms with Crippen LogP contribution < -0.4 is 0 Å². The standard InChI is InChI=1S/C17H26S/c1-16(2,3)13-7-8-14-9-11-15(12-10-14)18-17(4,5)6/h7-12H,13H2,1-6H3/b8-7+. The molecule has 0 spiro atoms. The van der Waals surface area contributed by atoms with Crippen LogP contribution in [0.2, 0.25) is 0 Å². The highest BCUT2D eigenvalue weighted by atomic mass is 32.2. The highest BCUT2D eigenvalue weighted by molar-refractivity contribution is 8.00. The molecular formula is C17H26S. The van der Waals surface area contributed by atoms with Gasteiger partial charge in [0.1, 0.15) is 0 Å². The SMILES string of the molecule is CC(C)(C)C/C=C/c1ccc(SC(C)(C)C)cc1. The average Bonchev–Trinajstić information content (AvgIpc) is 2.16. The first-order valence-corrected chi connectivity index (χ1v) is 7.43. The molecule has 0 N–H and O–H groups in total. The van der Waals surface area contributed by atoms with Gasteiger partial charge >= 0.3 is 0 Å². The molecule has 0 amide bonds. The molecule has 1 aromatic rings. The van der Waals surface area contributed by atoms with E-state index in [4.69, 9.17) is 0 Å². The van der Waals surface area contributed by atoms with Crippen LogP contribution in [0.5, 0.6) is 0 Å². The average molecular weight is 262 g/mol. The molecule has 0 saturated heterocycles. The largest absolute Gasteiger partial charge is 0.120 e. The van der Waals surface area contributed by atoms with Crippen LogP contribution in [0, 0.1) is 5.41 Å². The van der Waals surface area contributed by atoms with Crippen molar-refractivity contribution in [1.29, 1.82) is 0 Å². The van der Waals surface area contributed by atoms with Crippen LogP contribution in [0.15, 0.2) is 35.2 Å². The van der Waals surface area contributed by atoms with E-state index in [9.17, 15) is 0 Å². The molecule has 18 heavy (non-hydrogen) atoms. The summed E-state index contributed by atoms with van der Waals surface area (Å²) >= 11 is 1.91. The fourth-order valence-electron chi connectivity index (χ4n) is 1.55. The van der Waals surface area contributed by atoms with Crippen LogP contribution in [0.4, 0.5) is 0 Å². The Morgan fingerprint density at radius 2 is 1.50 bits per heavy atom. The molecule has 1 rings (SSSR count). The molecule has 0 fully saturated rings. The fourth-order valence-corrected chi connectivity index (χ4v) is 2.53. The minimum Gasteiger partial charge on any atom is -0.120 e. The summed E-state index contributed by atoms with van der Waals surface area (Å²) in [6.45, 7) is 13.5. The van der Waals surface area contributed by atoms with E-state index in [1.165, 1.54) is 10.5 Å². The number of thioether (sulfide) groups is 1. The Morgan fingerprint density at radius 3 is 1.94 bits per heavy atom. The number of allylic oxidation sites excluding steroid dienone is 1. The number of benzene rings is 1. The second-order valence-electron chi connectivity index (χ2n) is 6.95. The second kappa shape index (κ2) is 5.97. The van der Waals surface area contributed by atoms with Crippen molar-refractivity contribution in [2.75, 3.05) is 0 Å². The summed E-state index contributed by atoms with van der Waals surface area (Å²) in [5, 5.41) is 0. The molecule has 0 saturated carbocycles. The van der Waals surface area contributed by atoms with Gasteiger partial charge in [-0.3, -0.25) is 0 Å². The highest BCUT2D eigenvalue weighted by Crippen LogP contribution is 2.31. The van der Waals surface area contributed by atoms with Gasteiger partial charge in [-0.1, -0.05) is 65.8 Å². The van der Waals surface area contributed by atoms with E-state index in [1.807, 2.05) is 11.8 Å². The van der Waals surface area contributed by atoms with E-state index >= 15 is 0 Å². The van der Waals surface area contributed by atoms with Crippen molar-refractivity contribution in [3.63, 3.8) is 0 Å². The third kappa shape index (κ3) is 6.90. The highest BCUT2D eigenvalue weighted by Gasteiger charge is 2.11. The molecule has 0 atom stereocenters. The van der Waals surface area contributed by atoms with Crippen LogP contribution in [0.1, 0.15) is 53.5 Å². The lowest BCUT2D eigenvalue weighted by atomic mass is 9.92. The van der Waals surface area contributed by atoms with E-state index < -0.39 is 0 Å². The summed E-state index contributed by atoms with van der Waals surface area (Å²) < 4.78 is 0.281. The molecule has 0 bridgehead atoms. The van der Waals surface area contributed by atoms with Gasteiger partial charge in [0.05, 0.1) is 0 Å². The fraction of sp³-hybridized carbons (Fsp3) is 0.529. The lowest BCUT2D eigenvalue weighted by Gasteiger charge is -2.17. The normalized spacial score (nSPS) is 13.2. The Hall–Kier alpha value is -0.690. The number of hydrogen-bond donors (Lipinski definition) is 0. The van der Waals surface area contributed by atoms with E-state index in [1.54, 1.807) is 0 Å². The second-order valence-corrected chi connectivity index (χ2v) is 8.85. The van der Waals surface area contributed by atoms with E-state index in [0.29, 0.717) is 5.41 Å². The van der Waals surface area contributed by atoms with E-state index in [-0.39, 0.29) is 4.75 Å². The van der Waals surface area contributed by atoms with Crippen LogP contribution in [0.3, 0.4) is 0 Å². The Balaban J connectivity index is 2.61. The van der Waals surface area contributed by atoms with Gasteiger partial charge in [0, 0.05) is 9.64 Å². The molecule has 0 radical (unpaired) electrons. The van der Waals surface area contributed by atoms with Gasteiger partial charge in [-0.25, -0.2) is 0 Å². The van der Waals surface area contributed by atoms with Crippen molar-refractivity contribution in [2.45, 2.75) is 57.6 Å². The molecule has 1 aromatic carbocycles. The van der Waals surface area contributed by atoms with Crippen LogP contribution >= 0.6 is 11.8 Å². The number of rotatable bonds is 3. The molecule has 100 valence electrons. The predicted octanol–water partition coefficient (Wildman–Crippen LogP) is 6.03. The van der Waals surface area contributed by atoms with Gasteiger partial charge in [-0.2, -0.15) is 0 Å². The summed E-state index contributed by atoms with van der Waals surface area (Å²) in [5.74, 6) is 0. The Labute approximate surface area is 117 Å². The molecule has 0 nitrogen and oxygen atoms in total. The zero-order valence-corrected chi connectivity index (χ0v) is 13.4. The zero-order chi connectivity index (χ0) is 13.8. The summed E-state index contributed by atoms with van der Waals surface area (Å²) in [5.41, 5.74) is 1.66. The quantitative estimate of drug-likeness (QED) is 0.600. The molecule has 0 aromatic heterocycles. The smallest absolute Gasteiger partial charge is 0.0122 e. The molecular weight excluding hydrogens is 236 g/mol. The molecule has 0 aliphatic heterocycles. The maximum Gasteiger partial charge on any atom is 0.0122 e. The van der Waals surface area contributed by atoms with Gasteiger partial charge in [-0.05, 0) is 29.5 Å². The van der Waals surface area contributed by atoms with Crippen molar-refractivity contribution in [2.24, 2.45) is 5.41 Å². The molecule has 0 unspecified atom stereocenters. The number of hydrogen-bond acceptors (Lipinski definition) is 1. The van der Waals surface area contributed by atoms with Crippen LogP contribution in [0.25, 0.3) is 6.08 Å². The first-order chi connectivity index (χ1) is 8.16. The van der Waals surface area contributed by atoms with Gasteiger partial charge in [0.25, 0.3) is 0 Å². The van der Waals surface area contributed by atoms with Gasteiger partial charge in [-0.15, -0.1) is 11.8 Å². The summed E-state index contributed by atoms with van der Waals surface area (Å²) in [7, 11) is 0. The van der Waals surface area contributed by atoms with E-state index in [2.05, 4.69) is 78.0 Å². The van der Waals surface area contributed by atoms with Crippen molar-refractivity contribution in [3.8, 4) is 0 Å². The maximum atomic E-state index is 2.27. The lowest BCUT2D eigenvalue weighted by Crippen LogP contribution is -2.06. The Bertz CT molecular complexity index is 385. The Morgan fingerprint density at radius 1 is 0.944 bits per heavy atom. The van der Waals surface area contributed by atoms with E-state index in [0.717, 1.165) is 6.42 Å². The molecule has 0 heterocycles. The van der Waals surface area contributed by atoms with Crippen molar-refractivity contribution >= 4 is 17.8 Å². The third-order valence-electron chi connectivity index (χ3n) is 2.34. The minimum absolute atomic E-state index is 0.281. The lowest BCUT2D eigenvalue weighted by molar-refractivity contribution is 0.421. The maximum absolute atomic E-state index is 2.27. The van der Waals surface area contributed by atoms with Gasteiger partial charge in [0.2, 0.25) is 0 Å². The monoisotopic (exact) mass is 262 g/mol. The van der Waals surface area contributed by atoms with Crippen LogP contribution in [-0.4, -0.2) is 4.75 Å².